The number of carbonyl (C=O) groups is 1. The van der Waals surface area contributed by atoms with Gasteiger partial charge in [0.25, 0.3) is 11.6 Å². The summed E-state index contributed by atoms with van der Waals surface area (Å²) in [7, 11) is 0. The highest BCUT2D eigenvalue weighted by Crippen LogP contribution is 2.24. The minimum absolute atomic E-state index is 0.137. The molecule has 14 heavy (non-hydrogen) atoms. The Bertz CT molecular complexity index is 391. The van der Waals surface area contributed by atoms with Crippen LogP contribution in [-0.4, -0.2) is 16.0 Å². The van der Waals surface area contributed by atoms with Crippen molar-refractivity contribution in [3.05, 3.63) is 33.9 Å². The average molecular weight is 197 g/mol. The highest BCUT2D eigenvalue weighted by Gasteiger charge is 2.18. The summed E-state index contributed by atoms with van der Waals surface area (Å²) in [6.45, 7) is 0. The molecule has 0 saturated heterocycles. The lowest BCUT2D eigenvalue weighted by molar-refractivity contribution is -0.383. The Hall–Kier alpha value is -2.15. The van der Waals surface area contributed by atoms with Crippen molar-refractivity contribution in [2.24, 2.45) is 0 Å². The topological polar surface area (TPSA) is 118 Å². The SMILES string of the molecule is Nc1c(C(=O)NO)cccc1[N+](=O)[O-]. The van der Waals surface area contributed by atoms with Gasteiger partial charge in [-0.15, -0.1) is 0 Å². The number of nitrogens with one attached hydrogen (secondary N) is 1. The van der Waals surface area contributed by atoms with Crippen molar-refractivity contribution in [2.45, 2.75) is 0 Å². The third-order valence-corrected chi connectivity index (χ3v) is 1.63. The zero-order valence-electron chi connectivity index (χ0n) is 6.93. The van der Waals surface area contributed by atoms with Gasteiger partial charge in [-0.2, -0.15) is 0 Å². The second-order valence-electron chi connectivity index (χ2n) is 2.44. The third kappa shape index (κ3) is 1.62. The number of carbonyl (C=O) groups excluding carboxylic acids is 1. The Kier molecular flexibility index (Phi) is 2.63. The Morgan fingerprint density at radius 1 is 1.57 bits per heavy atom. The standard InChI is InChI=1S/C7H7N3O4/c8-6-4(7(11)9-12)2-1-3-5(6)10(13)14/h1-3,12H,8H2,(H,9,11). The van der Waals surface area contributed by atoms with Gasteiger partial charge in [-0.05, 0) is 6.07 Å². The molecule has 7 nitrogen and oxygen atoms in total. The van der Waals surface area contributed by atoms with Crippen molar-refractivity contribution in [1.82, 2.24) is 5.48 Å². The maximum atomic E-state index is 10.9. The normalized spacial score (nSPS) is 9.50. The van der Waals surface area contributed by atoms with E-state index in [1.165, 1.54) is 23.7 Å². The first-order chi connectivity index (χ1) is 6.57. The summed E-state index contributed by atoms with van der Waals surface area (Å²) in [4.78, 5) is 20.7. The molecule has 0 aliphatic heterocycles. The van der Waals surface area contributed by atoms with E-state index in [2.05, 4.69) is 0 Å². The number of nitro groups is 1. The fourth-order valence-corrected chi connectivity index (χ4v) is 0.970. The molecule has 0 radical (unpaired) electrons. The van der Waals surface area contributed by atoms with Crippen molar-refractivity contribution in [3.63, 3.8) is 0 Å². The minimum Gasteiger partial charge on any atom is -0.393 e. The number of para-hydroxylation sites is 1. The van der Waals surface area contributed by atoms with Crippen LogP contribution < -0.4 is 11.2 Å². The van der Waals surface area contributed by atoms with E-state index in [0.717, 1.165) is 0 Å². The Balaban J connectivity index is 3.27. The Labute approximate surface area is 78.2 Å². The fourth-order valence-electron chi connectivity index (χ4n) is 0.970. The summed E-state index contributed by atoms with van der Waals surface area (Å²) >= 11 is 0. The zero-order valence-corrected chi connectivity index (χ0v) is 6.93. The number of nitro benzene ring substituents is 1. The van der Waals surface area contributed by atoms with E-state index in [9.17, 15) is 14.9 Å². The number of nitrogens with two attached hydrogens (primary N) is 1. The number of hydrogen-bond acceptors (Lipinski definition) is 5. The first kappa shape index (κ1) is 9.93. The van der Waals surface area contributed by atoms with Gasteiger partial charge in [0, 0.05) is 6.07 Å². The molecule has 0 aromatic heterocycles. The number of nitrogens with zero attached hydrogens (tertiary/aromatic N) is 1. The van der Waals surface area contributed by atoms with Crippen LogP contribution in [0.2, 0.25) is 0 Å². The molecule has 1 rings (SSSR count). The largest absolute Gasteiger partial charge is 0.393 e. The number of nitrogen functional groups attached to an aromatic ring is 1. The molecule has 74 valence electrons. The maximum absolute atomic E-state index is 10.9. The molecule has 0 fully saturated rings. The van der Waals surface area contributed by atoms with Crippen LogP contribution in [0.15, 0.2) is 18.2 Å². The molecule has 4 N–H and O–H groups in total. The molecule has 1 amide bonds. The fraction of sp³-hybridized carbons (Fsp3) is 0. The van der Waals surface area contributed by atoms with Gasteiger partial charge in [0.05, 0.1) is 10.5 Å². The summed E-state index contributed by atoms with van der Waals surface area (Å²) in [5.74, 6) is -0.883. The average Bonchev–Trinajstić information content (AvgIpc) is 2.16. The molecule has 0 aliphatic rings. The molecule has 0 aliphatic carbocycles. The zero-order chi connectivity index (χ0) is 10.7. The molecule has 7 heteroatoms. The van der Waals surface area contributed by atoms with E-state index in [1.54, 1.807) is 0 Å². The molecule has 1 aromatic rings. The number of hydrogen-bond donors (Lipinski definition) is 3. The second kappa shape index (κ2) is 3.71. The summed E-state index contributed by atoms with van der Waals surface area (Å²) in [6, 6.07) is 3.75. The maximum Gasteiger partial charge on any atom is 0.292 e. The summed E-state index contributed by atoms with van der Waals surface area (Å²) in [5.41, 5.74) is 5.91. The van der Waals surface area contributed by atoms with Crippen LogP contribution in [0.1, 0.15) is 10.4 Å². The predicted octanol–water partition coefficient (Wildman–Crippen LogP) is 0.296. The first-order valence-electron chi connectivity index (χ1n) is 3.55. The van der Waals surface area contributed by atoms with Crippen LogP contribution in [0.3, 0.4) is 0 Å². The first-order valence-corrected chi connectivity index (χ1v) is 3.55. The Morgan fingerprint density at radius 3 is 2.71 bits per heavy atom. The van der Waals surface area contributed by atoms with Crippen molar-refractivity contribution in [2.75, 3.05) is 5.73 Å². The van der Waals surface area contributed by atoms with Gasteiger partial charge in [0.2, 0.25) is 0 Å². The van der Waals surface area contributed by atoms with E-state index in [4.69, 9.17) is 10.9 Å². The molecular weight excluding hydrogens is 190 g/mol. The van der Waals surface area contributed by atoms with Crippen LogP contribution in [0.4, 0.5) is 11.4 Å². The monoisotopic (exact) mass is 197 g/mol. The molecule has 0 bridgehead atoms. The molecule has 0 unspecified atom stereocenters. The van der Waals surface area contributed by atoms with E-state index in [0.29, 0.717) is 0 Å². The molecule has 0 heterocycles. The molecule has 1 aromatic carbocycles. The van der Waals surface area contributed by atoms with E-state index >= 15 is 0 Å². The van der Waals surface area contributed by atoms with Gasteiger partial charge >= 0.3 is 0 Å². The van der Waals surface area contributed by atoms with Crippen LogP contribution in [-0.2, 0) is 0 Å². The predicted molar refractivity (Wildman–Crippen MR) is 46.8 cm³/mol. The van der Waals surface area contributed by atoms with Crippen LogP contribution in [0.25, 0.3) is 0 Å². The van der Waals surface area contributed by atoms with Crippen LogP contribution >= 0.6 is 0 Å². The van der Waals surface area contributed by atoms with Crippen molar-refractivity contribution in [1.29, 1.82) is 0 Å². The molecule has 0 spiro atoms. The van der Waals surface area contributed by atoms with Gasteiger partial charge < -0.3 is 5.73 Å². The number of anilines is 1. The van der Waals surface area contributed by atoms with Crippen molar-refractivity contribution < 1.29 is 14.9 Å². The van der Waals surface area contributed by atoms with Gasteiger partial charge in [0.15, 0.2) is 0 Å². The highest BCUT2D eigenvalue weighted by atomic mass is 16.6. The quantitative estimate of drug-likeness (QED) is 0.272. The molecular formula is C7H7N3O4. The summed E-state index contributed by atoms with van der Waals surface area (Å²) < 4.78 is 0. The number of amides is 1. The van der Waals surface area contributed by atoms with E-state index < -0.39 is 10.8 Å². The van der Waals surface area contributed by atoms with Gasteiger partial charge in [-0.1, -0.05) is 6.07 Å². The highest BCUT2D eigenvalue weighted by molar-refractivity contribution is 6.00. The van der Waals surface area contributed by atoms with Crippen LogP contribution in [0.5, 0.6) is 0 Å². The van der Waals surface area contributed by atoms with E-state index in [1.807, 2.05) is 0 Å². The lowest BCUT2D eigenvalue weighted by Gasteiger charge is -2.02. The second-order valence-corrected chi connectivity index (χ2v) is 2.44. The third-order valence-electron chi connectivity index (χ3n) is 1.63. The van der Waals surface area contributed by atoms with Crippen molar-refractivity contribution in [3.8, 4) is 0 Å². The number of benzene rings is 1. The lowest BCUT2D eigenvalue weighted by Crippen LogP contribution is -2.20. The van der Waals surface area contributed by atoms with Crippen molar-refractivity contribution >= 4 is 17.3 Å². The smallest absolute Gasteiger partial charge is 0.292 e. The van der Waals surface area contributed by atoms with Gasteiger partial charge in [-0.3, -0.25) is 20.1 Å². The summed E-state index contributed by atoms with van der Waals surface area (Å²) in [6.07, 6.45) is 0. The number of hydroxylamine groups is 1. The number of rotatable bonds is 2. The molecule has 0 saturated carbocycles. The Morgan fingerprint density at radius 2 is 2.21 bits per heavy atom. The van der Waals surface area contributed by atoms with E-state index in [-0.39, 0.29) is 16.9 Å². The van der Waals surface area contributed by atoms with Gasteiger partial charge in [0.1, 0.15) is 5.69 Å². The summed E-state index contributed by atoms with van der Waals surface area (Å²) in [5, 5.41) is 18.7. The lowest BCUT2D eigenvalue weighted by atomic mass is 10.1. The van der Waals surface area contributed by atoms with Gasteiger partial charge in [-0.25, -0.2) is 5.48 Å². The molecule has 0 atom stereocenters. The minimum atomic E-state index is -0.883. The van der Waals surface area contributed by atoms with Crippen LogP contribution in [0, 0.1) is 10.1 Å².